The Morgan fingerprint density at radius 3 is 1.03 bits per heavy atom. The van der Waals surface area contributed by atoms with Crippen LogP contribution >= 0.6 is 0 Å². The molecule has 68 heavy (non-hydrogen) atoms. The summed E-state index contributed by atoms with van der Waals surface area (Å²) < 4.78 is 24.3. The van der Waals surface area contributed by atoms with Crippen molar-refractivity contribution in [3.05, 3.63) is 95.1 Å². The third-order valence-corrected chi connectivity index (χ3v) is 13.0. The molecule has 0 saturated carbocycles. The van der Waals surface area contributed by atoms with E-state index in [-0.39, 0.29) is 11.6 Å². The van der Waals surface area contributed by atoms with E-state index in [2.05, 4.69) is 75.0 Å². The lowest BCUT2D eigenvalue weighted by Gasteiger charge is -2.21. The summed E-state index contributed by atoms with van der Waals surface area (Å²) in [6.45, 7) is 33.1. The van der Waals surface area contributed by atoms with Crippen LogP contribution in [0.2, 0.25) is 0 Å². The molecule has 0 bridgehead atoms. The number of ketones is 2. The fourth-order valence-corrected chi connectivity index (χ4v) is 9.48. The molecule has 0 aromatic heterocycles. The van der Waals surface area contributed by atoms with Crippen molar-refractivity contribution in [2.45, 2.75) is 107 Å². The Morgan fingerprint density at radius 1 is 0.353 bits per heavy atom. The fourth-order valence-electron chi connectivity index (χ4n) is 9.48. The van der Waals surface area contributed by atoms with Gasteiger partial charge < -0.3 is 38.5 Å². The first kappa shape index (κ1) is 54.2. The molecule has 2 aliphatic carbocycles. The van der Waals surface area contributed by atoms with Gasteiger partial charge in [-0.1, -0.05) is 79.7 Å². The lowest BCUT2D eigenvalue weighted by Crippen LogP contribution is -2.27. The second kappa shape index (κ2) is 29.3. The highest BCUT2D eigenvalue weighted by Gasteiger charge is 2.31. The standard InChI is InChI=1S/C31H46N2O3.C27H38N2O3/c1-5-16-32(17-6-2)20-10-22-35-25-14-15-26-28(24-25)31(34)27-12-9-13-29(30(26)27)36-23-11-21-33(18-7-3)19-8-4;1-5-28(6-2)16-10-18-31-21-14-15-22-24(20-21)27(30)23-12-9-13-25(26(22)23)32-19-11-17-29(7-3)8-4/h9,12-15,24H,5-8,10-11,16-23H2,1-4H3;9,12-15,20H,5-8,10-11,16-19H2,1-4H3. The molecular weight excluding hydrogens is 849 g/mol. The number of rotatable bonds is 32. The van der Waals surface area contributed by atoms with Crippen LogP contribution in [0.3, 0.4) is 0 Å². The zero-order chi connectivity index (χ0) is 48.7. The van der Waals surface area contributed by atoms with Crippen molar-refractivity contribution >= 4 is 11.6 Å². The zero-order valence-electron chi connectivity index (χ0n) is 43.1. The van der Waals surface area contributed by atoms with Gasteiger partial charge in [0.25, 0.3) is 0 Å². The molecule has 6 rings (SSSR count). The van der Waals surface area contributed by atoms with E-state index in [1.54, 1.807) is 0 Å². The van der Waals surface area contributed by atoms with Crippen molar-refractivity contribution in [1.82, 2.24) is 19.6 Å². The van der Waals surface area contributed by atoms with Gasteiger partial charge in [0.15, 0.2) is 11.6 Å². The van der Waals surface area contributed by atoms with Crippen molar-refractivity contribution in [1.29, 1.82) is 0 Å². The smallest absolute Gasteiger partial charge is 0.194 e. The number of ether oxygens (including phenoxy) is 4. The number of nitrogens with zero attached hydrogens (tertiary/aromatic N) is 4. The molecule has 0 amide bonds. The molecule has 0 unspecified atom stereocenters. The van der Waals surface area contributed by atoms with Crippen molar-refractivity contribution in [2.24, 2.45) is 0 Å². The Morgan fingerprint density at radius 2 is 0.691 bits per heavy atom. The maximum atomic E-state index is 13.2. The second-order valence-electron chi connectivity index (χ2n) is 18.0. The summed E-state index contributed by atoms with van der Waals surface area (Å²) in [4.78, 5) is 36.0. The molecule has 0 fully saturated rings. The molecule has 0 radical (unpaired) electrons. The number of carbonyl (C=O) groups is 2. The summed E-state index contributed by atoms with van der Waals surface area (Å²) in [6.07, 6.45) is 8.60. The first-order valence-electron chi connectivity index (χ1n) is 26.3. The Kier molecular flexibility index (Phi) is 23.4. The number of benzene rings is 4. The van der Waals surface area contributed by atoms with Crippen molar-refractivity contribution in [3.63, 3.8) is 0 Å². The molecule has 4 aromatic carbocycles. The number of fused-ring (bicyclic) bond motifs is 6. The third-order valence-electron chi connectivity index (χ3n) is 13.0. The van der Waals surface area contributed by atoms with Gasteiger partial charge in [0.2, 0.25) is 0 Å². The minimum atomic E-state index is 0.0529. The van der Waals surface area contributed by atoms with Gasteiger partial charge in [-0.3, -0.25) is 9.59 Å². The Bertz CT molecular complexity index is 2140. The van der Waals surface area contributed by atoms with Gasteiger partial charge in [0, 0.05) is 59.6 Å². The largest absolute Gasteiger partial charge is 0.494 e. The lowest BCUT2D eigenvalue weighted by molar-refractivity contribution is 0.103. The van der Waals surface area contributed by atoms with Gasteiger partial charge in [-0.15, -0.1) is 0 Å². The fraction of sp³-hybridized carbons (Fsp3) is 0.552. The van der Waals surface area contributed by atoms with Crippen LogP contribution in [-0.2, 0) is 0 Å². The van der Waals surface area contributed by atoms with Gasteiger partial charge >= 0.3 is 0 Å². The van der Waals surface area contributed by atoms with E-state index in [0.29, 0.717) is 37.6 Å². The maximum Gasteiger partial charge on any atom is 0.194 e. The van der Waals surface area contributed by atoms with Crippen molar-refractivity contribution < 1.29 is 28.5 Å². The summed E-state index contributed by atoms with van der Waals surface area (Å²) in [6, 6.07) is 23.4. The van der Waals surface area contributed by atoms with Crippen LogP contribution in [0.15, 0.2) is 72.8 Å². The molecular formula is C58H84N4O6. The van der Waals surface area contributed by atoms with Gasteiger partial charge in [-0.25, -0.2) is 0 Å². The Hall–Kier alpha value is -4.74. The number of hydrogen-bond acceptors (Lipinski definition) is 10. The Balaban J connectivity index is 0.000000256. The van der Waals surface area contributed by atoms with Crippen LogP contribution in [0, 0.1) is 0 Å². The molecule has 0 atom stereocenters. The molecule has 10 heteroatoms. The molecule has 372 valence electrons. The SMILES string of the molecule is CCCN(CCC)CCCOc1ccc2c(c1)C(=O)c1cccc(OCCCN(CCC)CCC)c1-2.CCN(CC)CCCOc1ccc2c(c1)C(=O)c1cccc(OCCCN(CC)CC)c1-2. The molecule has 2 aliphatic rings. The highest BCUT2D eigenvalue weighted by Crippen LogP contribution is 2.45. The summed E-state index contributed by atoms with van der Waals surface area (Å²) in [7, 11) is 0. The van der Waals surface area contributed by atoms with Gasteiger partial charge in [-0.2, -0.15) is 0 Å². The molecule has 0 saturated heterocycles. The highest BCUT2D eigenvalue weighted by molar-refractivity contribution is 6.23. The normalized spacial score (nSPS) is 12.4. The minimum absolute atomic E-state index is 0.0529. The van der Waals surface area contributed by atoms with Gasteiger partial charge in [0.05, 0.1) is 26.4 Å². The van der Waals surface area contributed by atoms with E-state index >= 15 is 0 Å². The Labute approximate surface area is 410 Å². The quantitative estimate of drug-likeness (QED) is 0.0381. The lowest BCUT2D eigenvalue weighted by atomic mass is 10.0. The van der Waals surface area contributed by atoms with E-state index in [1.165, 1.54) is 25.7 Å². The van der Waals surface area contributed by atoms with E-state index in [0.717, 1.165) is 161 Å². The monoisotopic (exact) mass is 933 g/mol. The van der Waals surface area contributed by atoms with Crippen molar-refractivity contribution in [3.8, 4) is 45.3 Å². The average Bonchev–Trinajstić information content (AvgIpc) is 3.81. The van der Waals surface area contributed by atoms with Gasteiger partial charge in [-0.05, 0) is 163 Å². The summed E-state index contributed by atoms with van der Waals surface area (Å²) in [5, 5.41) is 0. The van der Waals surface area contributed by atoms with Crippen LogP contribution in [-0.4, -0.2) is 136 Å². The third kappa shape index (κ3) is 15.1. The van der Waals surface area contributed by atoms with Crippen LogP contribution in [0.25, 0.3) is 22.3 Å². The first-order valence-corrected chi connectivity index (χ1v) is 26.3. The number of hydrogen-bond donors (Lipinski definition) is 0. The average molecular weight is 933 g/mol. The molecule has 0 N–H and O–H groups in total. The topological polar surface area (TPSA) is 84.0 Å². The van der Waals surface area contributed by atoms with E-state index in [9.17, 15) is 9.59 Å². The van der Waals surface area contributed by atoms with Crippen molar-refractivity contribution in [2.75, 3.05) is 105 Å². The summed E-state index contributed by atoms with van der Waals surface area (Å²) in [5.74, 6) is 3.23. The van der Waals surface area contributed by atoms with Gasteiger partial charge in [0.1, 0.15) is 23.0 Å². The van der Waals surface area contributed by atoms with Crippen LogP contribution < -0.4 is 18.9 Å². The van der Waals surface area contributed by atoms with Crippen LogP contribution in [0.1, 0.15) is 139 Å². The molecule has 10 nitrogen and oxygen atoms in total. The predicted molar refractivity (Wildman–Crippen MR) is 281 cm³/mol. The highest BCUT2D eigenvalue weighted by atomic mass is 16.5. The minimum Gasteiger partial charge on any atom is -0.494 e. The first-order chi connectivity index (χ1) is 33.2. The van der Waals surface area contributed by atoms with E-state index in [4.69, 9.17) is 18.9 Å². The summed E-state index contributed by atoms with van der Waals surface area (Å²) >= 11 is 0. The van der Waals surface area contributed by atoms with Crippen LogP contribution in [0.5, 0.6) is 23.0 Å². The molecule has 0 spiro atoms. The van der Waals surface area contributed by atoms with E-state index in [1.807, 2.05) is 72.8 Å². The maximum absolute atomic E-state index is 13.2. The zero-order valence-corrected chi connectivity index (χ0v) is 43.1. The van der Waals surface area contributed by atoms with E-state index < -0.39 is 0 Å². The molecule has 0 heterocycles. The number of carbonyl (C=O) groups excluding carboxylic acids is 2. The molecule has 0 aliphatic heterocycles. The molecule has 4 aromatic rings. The van der Waals surface area contributed by atoms with Crippen LogP contribution in [0.4, 0.5) is 0 Å². The summed E-state index contributed by atoms with van der Waals surface area (Å²) in [5.41, 5.74) is 6.62. The second-order valence-corrected chi connectivity index (χ2v) is 18.0. The predicted octanol–water partition coefficient (Wildman–Crippen LogP) is 11.8.